The first kappa shape index (κ1) is 15.6. The maximum absolute atomic E-state index is 12.5. The maximum Gasteiger partial charge on any atom is 0.401 e. The van der Waals surface area contributed by atoms with Gasteiger partial charge in [-0.25, -0.2) is 0 Å². The molecule has 0 unspecified atom stereocenters. The van der Waals surface area contributed by atoms with E-state index in [9.17, 15) is 18.0 Å². The summed E-state index contributed by atoms with van der Waals surface area (Å²) < 4.78 is 37.4. The van der Waals surface area contributed by atoms with Crippen LogP contribution in [-0.4, -0.2) is 36.1 Å². The molecule has 1 aromatic carbocycles. The molecule has 0 spiro atoms. The summed E-state index contributed by atoms with van der Waals surface area (Å²) in [5.41, 5.74) is 6.61. The lowest BCUT2D eigenvalue weighted by Crippen LogP contribution is -2.37. The zero-order valence-electron chi connectivity index (χ0n) is 11.5. The summed E-state index contributed by atoms with van der Waals surface area (Å²) in [6.07, 6.45) is -2.68. The summed E-state index contributed by atoms with van der Waals surface area (Å²) in [5.74, 6) is -0.333. The largest absolute Gasteiger partial charge is 0.401 e. The van der Waals surface area contributed by atoms with Crippen LogP contribution in [0.15, 0.2) is 24.3 Å². The summed E-state index contributed by atoms with van der Waals surface area (Å²) in [4.78, 5) is 13.1. The Bertz CT molecular complexity index is 500. The van der Waals surface area contributed by atoms with Crippen molar-refractivity contribution < 1.29 is 18.0 Å². The third-order valence-corrected chi connectivity index (χ3v) is 3.31. The first-order valence-electron chi connectivity index (χ1n) is 6.80. The second kappa shape index (κ2) is 6.34. The third-order valence-electron chi connectivity index (χ3n) is 3.31. The predicted molar refractivity (Wildman–Crippen MR) is 74.8 cm³/mol. The molecule has 1 aromatic rings. The van der Waals surface area contributed by atoms with Crippen LogP contribution >= 0.6 is 0 Å². The second-order valence-corrected chi connectivity index (χ2v) is 5.20. The molecular weight excluding hydrogens is 283 g/mol. The van der Waals surface area contributed by atoms with Crippen LogP contribution in [-0.2, 0) is 4.79 Å². The van der Waals surface area contributed by atoms with Crippen LogP contribution in [0.5, 0.6) is 0 Å². The van der Waals surface area contributed by atoms with Gasteiger partial charge in [0.2, 0.25) is 5.91 Å². The predicted octanol–water partition coefficient (Wildman–Crippen LogP) is 2.62. The highest BCUT2D eigenvalue weighted by Gasteiger charge is 2.37. The van der Waals surface area contributed by atoms with Crippen molar-refractivity contribution in [1.82, 2.24) is 4.90 Å². The summed E-state index contributed by atoms with van der Waals surface area (Å²) in [6, 6.07) is 6.73. The molecule has 116 valence electrons. The van der Waals surface area contributed by atoms with Gasteiger partial charge in [-0.05, 0) is 25.0 Å². The zero-order valence-corrected chi connectivity index (χ0v) is 11.5. The van der Waals surface area contributed by atoms with Crippen molar-refractivity contribution in [3.8, 4) is 0 Å². The highest BCUT2D eigenvalue weighted by molar-refractivity contribution is 5.93. The van der Waals surface area contributed by atoms with Gasteiger partial charge in [0.15, 0.2) is 0 Å². The van der Waals surface area contributed by atoms with Crippen LogP contribution in [0, 0.1) is 0 Å². The van der Waals surface area contributed by atoms with E-state index in [1.54, 1.807) is 24.3 Å². The highest BCUT2D eigenvalue weighted by atomic mass is 19.4. The van der Waals surface area contributed by atoms with Crippen LogP contribution < -0.4 is 11.1 Å². The van der Waals surface area contributed by atoms with Crippen molar-refractivity contribution in [1.29, 1.82) is 0 Å². The van der Waals surface area contributed by atoms with Gasteiger partial charge in [0.25, 0.3) is 0 Å². The van der Waals surface area contributed by atoms with Gasteiger partial charge in [0.05, 0.1) is 17.9 Å². The molecule has 0 radical (unpaired) electrons. The number of nitrogens with two attached hydrogens (primary N) is 1. The lowest BCUT2D eigenvalue weighted by molar-refractivity contribution is -0.148. The average Bonchev–Trinajstić information content (AvgIpc) is 3.20. The number of amides is 1. The van der Waals surface area contributed by atoms with Crippen molar-refractivity contribution >= 4 is 17.3 Å². The molecule has 1 aliphatic carbocycles. The number of nitrogens with one attached hydrogen (secondary N) is 1. The Labute approximate surface area is 121 Å². The van der Waals surface area contributed by atoms with Gasteiger partial charge in [0.1, 0.15) is 0 Å². The number of alkyl halides is 3. The minimum absolute atomic E-state index is 0.0148. The van der Waals surface area contributed by atoms with Crippen molar-refractivity contribution in [2.45, 2.75) is 31.5 Å². The number of para-hydroxylation sites is 2. The van der Waals surface area contributed by atoms with E-state index in [2.05, 4.69) is 5.32 Å². The van der Waals surface area contributed by atoms with E-state index in [0.29, 0.717) is 11.4 Å². The Morgan fingerprint density at radius 3 is 2.57 bits per heavy atom. The molecule has 3 N–H and O–H groups in total. The summed E-state index contributed by atoms with van der Waals surface area (Å²) in [7, 11) is 0. The van der Waals surface area contributed by atoms with Gasteiger partial charge in [-0.15, -0.1) is 0 Å². The van der Waals surface area contributed by atoms with Crippen molar-refractivity contribution in [3.63, 3.8) is 0 Å². The summed E-state index contributed by atoms with van der Waals surface area (Å²) in [6.45, 7) is -0.860. The molecule has 1 saturated carbocycles. The Morgan fingerprint density at radius 1 is 1.33 bits per heavy atom. The van der Waals surface area contributed by atoms with Crippen LogP contribution in [0.1, 0.15) is 19.3 Å². The molecule has 0 bridgehead atoms. The van der Waals surface area contributed by atoms with E-state index in [-0.39, 0.29) is 24.9 Å². The lowest BCUT2D eigenvalue weighted by atomic mass is 10.2. The molecule has 0 aliphatic heterocycles. The topological polar surface area (TPSA) is 58.4 Å². The van der Waals surface area contributed by atoms with Crippen molar-refractivity contribution in [3.05, 3.63) is 24.3 Å². The quantitative estimate of drug-likeness (QED) is 0.794. The Morgan fingerprint density at radius 2 is 2.00 bits per heavy atom. The summed E-state index contributed by atoms with van der Waals surface area (Å²) in [5, 5.41) is 2.62. The van der Waals surface area contributed by atoms with Gasteiger partial charge in [0, 0.05) is 19.0 Å². The fraction of sp³-hybridized carbons (Fsp3) is 0.500. The van der Waals surface area contributed by atoms with E-state index in [1.807, 2.05) is 0 Å². The Kier molecular flexibility index (Phi) is 4.72. The number of anilines is 2. The SMILES string of the molecule is Nc1ccccc1NC(=O)CCN(CC(F)(F)F)C1CC1. The molecule has 2 rings (SSSR count). The molecule has 1 aliphatic rings. The first-order chi connectivity index (χ1) is 9.85. The van der Waals surface area contributed by atoms with Crippen molar-refractivity contribution in [2.24, 2.45) is 0 Å². The molecule has 0 aromatic heterocycles. The normalized spacial score (nSPS) is 15.2. The number of hydrogen-bond donors (Lipinski definition) is 2. The minimum Gasteiger partial charge on any atom is -0.397 e. The van der Waals surface area contributed by atoms with Gasteiger partial charge in [-0.3, -0.25) is 9.69 Å². The molecular formula is C14H18F3N3O. The lowest BCUT2D eigenvalue weighted by Gasteiger charge is -2.23. The van der Waals surface area contributed by atoms with Gasteiger partial charge >= 0.3 is 6.18 Å². The number of carbonyl (C=O) groups is 1. The number of nitrogen functional groups attached to an aromatic ring is 1. The molecule has 21 heavy (non-hydrogen) atoms. The van der Waals surface area contributed by atoms with Crippen LogP contribution in [0.2, 0.25) is 0 Å². The third kappa shape index (κ3) is 5.26. The first-order valence-corrected chi connectivity index (χ1v) is 6.80. The average molecular weight is 301 g/mol. The van der Waals surface area contributed by atoms with Gasteiger partial charge in [-0.2, -0.15) is 13.2 Å². The number of halogens is 3. The number of carbonyl (C=O) groups excluding carboxylic acids is 1. The van der Waals surface area contributed by atoms with Crippen LogP contribution in [0.4, 0.5) is 24.5 Å². The zero-order chi connectivity index (χ0) is 15.5. The van der Waals surface area contributed by atoms with Crippen LogP contribution in [0.25, 0.3) is 0 Å². The highest BCUT2D eigenvalue weighted by Crippen LogP contribution is 2.30. The Hall–Kier alpha value is -1.76. The van der Waals surface area contributed by atoms with E-state index in [1.165, 1.54) is 4.90 Å². The maximum atomic E-state index is 12.5. The molecule has 0 atom stereocenters. The monoisotopic (exact) mass is 301 g/mol. The molecule has 0 saturated heterocycles. The Balaban J connectivity index is 1.83. The standard InChI is InChI=1S/C14H18F3N3O/c15-14(16,17)9-20(10-5-6-10)8-7-13(21)19-12-4-2-1-3-11(12)18/h1-4,10H,5-9,18H2,(H,19,21). The van der Waals surface area contributed by atoms with E-state index >= 15 is 0 Å². The molecule has 4 nitrogen and oxygen atoms in total. The minimum atomic E-state index is -4.23. The van der Waals surface area contributed by atoms with Crippen LogP contribution in [0.3, 0.4) is 0 Å². The fourth-order valence-electron chi connectivity index (χ4n) is 2.13. The molecule has 7 heteroatoms. The number of rotatable bonds is 6. The molecule has 1 fully saturated rings. The smallest absolute Gasteiger partial charge is 0.397 e. The molecule has 1 amide bonds. The van der Waals surface area contributed by atoms with E-state index in [4.69, 9.17) is 5.73 Å². The number of hydrogen-bond acceptors (Lipinski definition) is 3. The van der Waals surface area contributed by atoms with E-state index < -0.39 is 12.7 Å². The fourth-order valence-corrected chi connectivity index (χ4v) is 2.13. The van der Waals surface area contributed by atoms with Gasteiger partial charge in [-0.1, -0.05) is 12.1 Å². The molecule has 0 heterocycles. The number of nitrogens with zero attached hydrogens (tertiary/aromatic N) is 1. The van der Waals surface area contributed by atoms with E-state index in [0.717, 1.165) is 12.8 Å². The summed E-state index contributed by atoms with van der Waals surface area (Å²) >= 11 is 0. The van der Waals surface area contributed by atoms with Crippen molar-refractivity contribution in [2.75, 3.05) is 24.1 Å². The number of benzene rings is 1. The second-order valence-electron chi connectivity index (χ2n) is 5.20. The van der Waals surface area contributed by atoms with Gasteiger partial charge < -0.3 is 11.1 Å².